The molecule has 1 N–H and O–H groups in total. The highest BCUT2D eigenvalue weighted by atomic mass is 32.2. The Kier molecular flexibility index (Phi) is 6.58. The van der Waals surface area contributed by atoms with Crippen molar-refractivity contribution < 1.29 is 23.5 Å². The third-order valence-corrected chi connectivity index (χ3v) is 5.83. The second-order valence-electron chi connectivity index (χ2n) is 3.55. The highest BCUT2D eigenvalue weighted by Crippen LogP contribution is 2.51. The summed E-state index contributed by atoms with van der Waals surface area (Å²) >= 11 is 1.32. The molecule has 0 atom stereocenters. The summed E-state index contributed by atoms with van der Waals surface area (Å²) in [6.45, 7) is 4.18. The van der Waals surface area contributed by atoms with E-state index in [0.29, 0.717) is 13.2 Å². The first-order valence-electron chi connectivity index (χ1n) is 5.85. The lowest BCUT2D eigenvalue weighted by atomic mass is 10.2. The quantitative estimate of drug-likeness (QED) is 0.583. The Labute approximate surface area is 116 Å². The Morgan fingerprint density at radius 1 is 1.21 bits per heavy atom. The molecule has 0 spiro atoms. The predicted octanol–water partition coefficient (Wildman–Crippen LogP) is 3.70. The van der Waals surface area contributed by atoms with Gasteiger partial charge in [-0.25, -0.2) is 4.79 Å². The van der Waals surface area contributed by atoms with E-state index < -0.39 is 13.6 Å². The molecule has 19 heavy (non-hydrogen) atoms. The van der Waals surface area contributed by atoms with Gasteiger partial charge in [-0.15, -0.1) is 11.8 Å². The monoisotopic (exact) mass is 304 g/mol. The fourth-order valence-electron chi connectivity index (χ4n) is 1.35. The number of hydrogen-bond acceptors (Lipinski definition) is 5. The van der Waals surface area contributed by atoms with E-state index in [0.717, 1.165) is 4.90 Å². The summed E-state index contributed by atoms with van der Waals surface area (Å²) in [5, 5.41) is 8.78. The number of hydrogen-bond donors (Lipinski definition) is 1. The van der Waals surface area contributed by atoms with Crippen molar-refractivity contribution in [2.45, 2.75) is 18.7 Å². The van der Waals surface area contributed by atoms with E-state index in [9.17, 15) is 9.36 Å². The highest BCUT2D eigenvalue weighted by molar-refractivity contribution is 8.04. The molecule has 0 saturated carbocycles. The Morgan fingerprint density at radius 3 is 2.16 bits per heavy atom. The number of carboxylic acids is 1. The number of benzene rings is 1. The van der Waals surface area contributed by atoms with E-state index in [2.05, 4.69) is 0 Å². The predicted molar refractivity (Wildman–Crippen MR) is 75.0 cm³/mol. The molecule has 1 rings (SSSR count). The standard InChI is InChI=1S/C12H17O5PS/c1-3-16-18(15,17-4-2)9-19-11-7-5-10(6-8-11)12(13)14/h5-8H,3-4,9H2,1-2H3,(H,13,14). The van der Waals surface area contributed by atoms with E-state index >= 15 is 0 Å². The van der Waals surface area contributed by atoms with Crippen molar-refractivity contribution in [2.75, 3.05) is 18.7 Å². The fraction of sp³-hybridized carbons (Fsp3) is 0.417. The fourth-order valence-corrected chi connectivity index (χ4v) is 4.37. The summed E-state index contributed by atoms with van der Waals surface area (Å²) in [6.07, 6.45) is 0. The van der Waals surface area contributed by atoms with Gasteiger partial charge in [0.25, 0.3) is 0 Å². The number of carbonyl (C=O) groups is 1. The van der Waals surface area contributed by atoms with Crippen LogP contribution in [0.2, 0.25) is 0 Å². The molecule has 0 heterocycles. The number of rotatable bonds is 8. The Balaban J connectivity index is 2.64. The summed E-state index contributed by atoms with van der Waals surface area (Å²) in [4.78, 5) is 11.5. The maximum absolute atomic E-state index is 12.2. The number of thioether (sulfide) groups is 1. The molecule has 0 fully saturated rings. The third kappa shape index (κ3) is 5.37. The van der Waals surface area contributed by atoms with Gasteiger partial charge in [0.15, 0.2) is 0 Å². The molecule has 106 valence electrons. The lowest BCUT2D eigenvalue weighted by Gasteiger charge is -2.16. The van der Waals surface area contributed by atoms with E-state index in [1.165, 1.54) is 23.9 Å². The van der Waals surface area contributed by atoms with Gasteiger partial charge in [-0.05, 0) is 38.1 Å². The maximum Gasteiger partial charge on any atom is 0.340 e. The summed E-state index contributed by atoms with van der Waals surface area (Å²) in [7, 11) is -3.07. The second-order valence-corrected chi connectivity index (χ2v) is 7.08. The summed E-state index contributed by atoms with van der Waals surface area (Å²) in [5.41, 5.74) is 0.434. The largest absolute Gasteiger partial charge is 0.478 e. The Bertz CT molecular complexity index is 450. The van der Waals surface area contributed by atoms with Gasteiger partial charge < -0.3 is 14.2 Å². The summed E-state index contributed by atoms with van der Waals surface area (Å²) < 4.78 is 22.5. The van der Waals surface area contributed by atoms with Gasteiger partial charge in [-0.3, -0.25) is 4.57 Å². The van der Waals surface area contributed by atoms with Crippen molar-refractivity contribution in [2.24, 2.45) is 0 Å². The zero-order valence-electron chi connectivity index (χ0n) is 10.9. The molecule has 0 bridgehead atoms. The van der Waals surface area contributed by atoms with Crippen LogP contribution in [0.5, 0.6) is 0 Å². The topological polar surface area (TPSA) is 72.8 Å². The molecule has 0 unspecified atom stereocenters. The van der Waals surface area contributed by atoms with Crippen LogP contribution in [0, 0.1) is 0 Å². The van der Waals surface area contributed by atoms with E-state index in [4.69, 9.17) is 14.2 Å². The molecule has 0 aromatic heterocycles. The van der Waals surface area contributed by atoms with Gasteiger partial charge in [0.1, 0.15) is 5.49 Å². The first-order valence-corrected chi connectivity index (χ1v) is 8.56. The van der Waals surface area contributed by atoms with Gasteiger partial charge in [-0.2, -0.15) is 0 Å². The van der Waals surface area contributed by atoms with Crippen molar-refractivity contribution in [3.63, 3.8) is 0 Å². The smallest absolute Gasteiger partial charge is 0.340 e. The van der Waals surface area contributed by atoms with Crippen LogP contribution in [-0.4, -0.2) is 29.8 Å². The third-order valence-electron chi connectivity index (χ3n) is 2.14. The molecular weight excluding hydrogens is 287 g/mol. The van der Waals surface area contributed by atoms with Gasteiger partial charge in [0.2, 0.25) is 0 Å². The van der Waals surface area contributed by atoms with Crippen LogP contribution < -0.4 is 0 Å². The lowest BCUT2D eigenvalue weighted by Crippen LogP contribution is -1.98. The molecule has 1 aromatic rings. The van der Waals surface area contributed by atoms with Crippen LogP contribution in [0.15, 0.2) is 29.2 Å². The summed E-state index contributed by atoms with van der Waals surface area (Å²) in [6, 6.07) is 6.38. The van der Waals surface area contributed by atoms with Gasteiger partial charge in [-0.1, -0.05) is 0 Å². The molecule has 0 amide bonds. The van der Waals surface area contributed by atoms with Gasteiger partial charge in [0, 0.05) is 4.90 Å². The minimum atomic E-state index is -3.07. The first-order chi connectivity index (χ1) is 9.00. The van der Waals surface area contributed by atoms with Crippen LogP contribution in [0.1, 0.15) is 24.2 Å². The van der Waals surface area contributed by atoms with E-state index in [1.54, 1.807) is 26.0 Å². The highest BCUT2D eigenvalue weighted by Gasteiger charge is 2.23. The molecule has 0 aliphatic rings. The van der Waals surface area contributed by atoms with E-state index in [1.807, 2.05) is 0 Å². The molecular formula is C12H17O5PS. The molecule has 0 aliphatic carbocycles. The molecule has 1 aromatic carbocycles. The van der Waals surface area contributed by atoms with Crippen LogP contribution in [0.25, 0.3) is 0 Å². The number of carboxylic acid groups (broad SMARTS) is 1. The van der Waals surface area contributed by atoms with Crippen molar-refractivity contribution >= 4 is 25.3 Å². The molecule has 0 radical (unpaired) electrons. The Morgan fingerprint density at radius 2 is 1.74 bits per heavy atom. The van der Waals surface area contributed by atoms with Gasteiger partial charge >= 0.3 is 13.6 Å². The zero-order chi connectivity index (χ0) is 14.3. The minimum absolute atomic E-state index is 0.209. The summed E-state index contributed by atoms with van der Waals surface area (Å²) in [5.74, 6) is -0.967. The number of aromatic carboxylic acids is 1. The maximum atomic E-state index is 12.2. The molecule has 7 heteroatoms. The normalized spacial score (nSPS) is 11.5. The molecule has 0 aliphatic heterocycles. The van der Waals surface area contributed by atoms with Crippen LogP contribution in [-0.2, 0) is 13.6 Å². The second kappa shape index (κ2) is 7.70. The van der Waals surface area contributed by atoms with Crippen LogP contribution in [0.4, 0.5) is 0 Å². The van der Waals surface area contributed by atoms with Crippen molar-refractivity contribution in [1.29, 1.82) is 0 Å². The Hall–Kier alpha value is -0.810. The lowest BCUT2D eigenvalue weighted by molar-refractivity contribution is 0.0696. The SMILES string of the molecule is CCOP(=O)(CSc1ccc(C(=O)O)cc1)OCC. The molecule has 5 nitrogen and oxygen atoms in total. The van der Waals surface area contributed by atoms with Crippen molar-refractivity contribution in [3.05, 3.63) is 29.8 Å². The molecule has 0 saturated heterocycles. The van der Waals surface area contributed by atoms with Crippen LogP contribution >= 0.6 is 19.4 Å². The minimum Gasteiger partial charge on any atom is -0.478 e. The first kappa shape index (κ1) is 16.2. The van der Waals surface area contributed by atoms with Crippen LogP contribution in [0.3, 0.4) is 0 Å². The van der Waals surface area contributed by atoms with Crippen molar-refractivity contribution in [1.82, 2.24) is 0 Å². The average molecular weight is 304 g/mol. The van der Waals surface area contributed by atoms with E-state index in [-0.39, 0.29) is 11.1 Å². The average Bonchev–Trinajstić information content (AvgIpc) is 2.37. The zero-order valence-corrected chi connectivity index (χ0v) is 12.6. The van der Waals surface area contributed by atoms with Gasteiger partial charge in [0.05, 0.1) is 18.8 Å². The van der Waals surface area contributed by atoms with Crippen molar-refractivity contribution in [3.8, 4) is 0 Å².